The van der Waals surface area contributed by atoms with Crippen molar-refractivity contribution in [3.63, 3.8) is 0 Å². The number of aliphatic hydroxyl groups excluding tert-OH is 1. The van der Waals surface area contributed by atoms with Crippen molar-refractivity contribution in [2.24, 2.45) is 5.92 Å². The van der Waals surface area contributed by atoms with Crippen LogP contribution in [0.2, 0.25) is 5.54 Å². The normalized spacial score (nSPS) is 27.8. The second-order valence-corrected chi connectivity index (χ2v) is 8.81. The molecule has 1 aliphatic carbocycles. The Morgan fingerprint density at radius 1 is 0.955 bits per heavy atom. The van der Waals surface area contributed by atoms with Gasteiger partial charge in [-0.1, -0.05) is 6.92 Å². The van der Waals surface area contributed by atoms with Gasteiger partial charge in [0, 0.05) is 32.0 Å². The molecule has 6 heteroatoms. The lowest BCUT2D eigenvalue weighted by atomic mass is 9.83. The van der Waals surface area contributed by atoms with Gasteiger partial charge in [0.05, 0.1) is 12.2 Å². The number of ether oxygens (including phenoxy) is 1. The molecule has 0 heterocycles. The average Bonchev–Trinajstić information content (AvgIpc) is 2.49. The van der Waals surface area contributed by atoms with E-state index >= 15 is 0 Å². The first-order valence-electron chi connectivity index (χ1n) is 8.76. The third-order valence-corrected chi connectivity index (χ3v) is 8.14. The van der Waals surface area contributed by atoms with Crippen LogP contribution in [-0.2, 0) is 18.0 Å². The van der Waals surface area contributed by atoms with E-state index in [1.165, 1.54) is 0 Å². The van der Waals surface area contributed by atoms with Crippen LogP contribution in [0, 0.1) is 5.92 Å². The Morgan fingerprint density at radius 3 is 1.91 bits per heavy atom. The lowest BCUT2D eigenvalue weighted by Gasteiger charge is -2.41. The monoisotopic (exact) mass is 334 g/mol. The summed E-state index contributed by atoms with van der Waals surface area (Å²) < 4.78 is 23.7. The smallest absolute Gasteiger partial charge is 0.390 e. The second kappa shape index (κ2) is 10.0. The van der Waals surface area contributed by atoms with E-state index in [-0.39, 0.29) is 11.6 Å². The first-order valence-corrected chi connectivity index (χ1v) is 10.6. The summed E-state index contributed by atoms with van der Waals surface area (Å²) in [5, 5.41) is 10.3. The minimum atomic E-state index is -2.71. The van der Waals surface area contributed by atoms with Gasteiger partial charge in [-0.05, 0) is 52.9 Å². The van der Waals surface area contributed by atoms with Crippen molar-refractivity contribution in [1.82, 2.24) is 0 Å². The molecule has 0 bridgehead atoms. The highest BCUT2D eigenvalue weighted by molar-refractivity contribution is 6.62. The van der Waals surface area contributed by atoms with Crippen LogP contribution in [0.5, 0.6) is 0 Å². The second-order valence-electron chi connectivity index (χ2n) is 5.83. The van der Waals surface area contributed by atoms with Crippen LogP contribution < -0.4 is 0 Å². The molecule has 132 valence electrons. The molecular formula is C16H34O5Si. The Kier molecular flexibility index (Phi) is 9.12. The van der Waals surface area contributed by atoms with Crippen molar-refractivity contribution < 1.29 is 23.1 Å². The predicted molar refractivity (Wildman–Crippen MR) is 88.8 cm³/mol. The zero-order chi connectivity index (χ0) is 16.6. The van der Waals surface area contributed by atoms with Gasteiger partial charge in [-0.2, -0.15) is 0 Å². The van der Waals surface area contributed by atoms with Gasteiger partial charge in [-0.25, -0.2) is 0 Å². The maximum absolute atomic E-state index is 10.3. The molecule has 1 aliphatic rings. The summed E-state index contributed by atoms with van der Waals surface area (Å²) >= 11 is 0. The van der Waals surface area contributed by atoms with Crippen LogP contribution >= 0.6 is 0 Å². The summed E-state index contributed by atoms with van der Waals surface area (Å²) in [7, 11) is -2.71. The summed E-state index contributed by atoms with van der Waals surface area (Å²) in [5.74, 6) is 0.350. The lowest BCUT2D eigenvalue weighted by molar-refractivity contribution is -0.0698. The fourth-order valence-corrected chi connectivity index (χ4v) is 6.55. The zero-order valence-corrected chi connectivity index (χ0v) is 15.8. The van der Waals surface area contributed by atoms with E-state index in [1.807, 2.05) is 27.7 Å². The number of hydrogen-bond acceptors (Lipinski definition) is 5. The first kappa shape index (κ1) is 20.1. The molecule has 1 N–H and O–H groups in total. The minimum absolute atomic E-state index is 0.0317. The maximum atomic E-state index is 10.3. The number of hydrogen-bond donors (Lipinski definition) is 1. The zero-order valence-electron chi connectivity index (χ0n) is 14.8. The number of aliphatic hydroxyl groups is 1. The molecule has 0 aromatic heterocycles. The predicted octanol–water partition coefficient (Wildman–Crippen LogP) is 2.99. The van der Waals surface area contributed by atoms with Crippen molar-refractivity contribution >= 4 is 8.80 Å². The largest absolute Gasteiger partial charge is 0.504 e. The Bertz CT molecular complexity index is 285. The highest BCUT2D eigenvalue weighted by Gasteiger charge is 2.51. The standard InChI is InChI=1S/C16H34O5Si/c1-6-18-16-11-10-14(12-15(16)17)13(5)22(19-7-2,20-8-3)21-9-4/h13-17H,6-12H2,1-5H3. The third-order valence-electron chi connectivity index (χ3n) is 4.48. The van der Waals surface area contributed by atoms with E-state index in [1.54, 1.807) is 0 Å². The molecule has 0 aromatic rings. The maximum Gasteiger partial charge on any atom is 0.504 e. The van der Waals surface area contributed by atoms with Crippen molar-refractivity contribution in [2.45, 2.75) is 71.6 Å². The van der Waals surface area contributed by atoms with E-state index in [0.717, 1.165) is 19.3 Å². The van der Waals surface area contributed by atoms with Crippen molar-refractivity contribution in [2.75, 3.05) is 26.4 Å². The molecule has 22 heavy (non-hydrogen) atoms. The Hall–Kier alpha value is 0.0169. The van der Waals surface area contributed by atoms with Crippen LogP contribution in [0.1, 0.15) is 53.9 Å². The third kappa shape index (κ3) is 5.01. The van der Waals surface area contributed by atoms with Crippen LogP contribution in [0.3, 0.4) is 0 Å². The fraction of sp³-hybridized carbons (Fsp3) is 1.00. The van der Waals surface area contributed by atoms with Gasteiger partial charge in [0.25, 0.3) is 0 Å². The summed E-state index contributed by atoms with van der Waals surface area (Å²) in [5.41, 5.74) is 0.185. The molecule has 4 atom stereocenters. The molecule has 0 saturated heterocycles. The molecular weight excluding hydrogens is 300 g/mol. The minimum Gasteiger partial charge on any atom is -0.390 e. The van der Waals surface area contributed by atoms with Crippen molar-refractivity contribution in [1.29, 1.82) is 0 Å². The van der Waals surface area contributed by atoms with Crippen LogP contribution in [0.15, 0.2) is 0 Å². The average molecular weight is 335 g/mol. The number of rotatable bonds is 10. The molecule has 4 unspecified atom stereocenters. The van der Waals surface area contributed by atoms with E-state index < -0.39 is 14.9 Å². The molecule has 0 amide bonds. The van der Waals surface area contributed by atoms with Gasteiger partial charge in [0.2, 0.25) is 0 Å². The molecule has 1 fully saturated rings. The summed E-state index contributed by atoms with van der Waals surface area (Å²) in [6.45, 7) is 12.5. The van der Waals surface area contributed by atoms with Crippen LogP contribution in [0.4, 0.5) is 0 Å². The van der Waals surface area contributed by atoms with Gasteiger partial charge < -0.3 is 23.1 Å². The topological polar surface area (TPSA) is 57.2 Å². The Morgan fingerprint density at radius 2 is 1.50 bits per heavy atom. The Balaban J connectivity index is 2.78. The molecule has 0 aromatic carbocycles. The molecule has 1 saturated carbocycles. The highest BCUT2D eigenvalue weighted by atomic mass is 28.4. The first-order chi connectivity index (χ1) is 10.5. The van der Waals surface area contributed by atoms with Gasteiger partial charge >= 0.3 is 8.80 Å². The fourth-order valence-electron chi connectivity index (χ4n) is 3.42. The SMILES string of the molecule is CCOC1CCC(C(C)[Si](OCC)(OCC)OCC)CC1O. The summed E-state index contributed by atoms with van der Waals surface area (Å²) in [6.07, 6.45) is 2.20. The van der Waals surface area contributed by atoms with E-state index in [4.69, 9.17) is 18.0 Å². The molecule has 0 aliphatic heterocycles. The van der Waals surface area contributed by atoms with Gasteiger partial charge in [-0.15, -0.1) is 0 Å². The van der Waals surface area contributed by atoms with Gasteiger partial charge in [0.15, 0.2) is 0 Å². The highest BCUT2D eigenvalue weighted by Crippen LogP contribution is 2.41. The summed E-state index contributed by atoms with van der Waals surface area (Å²) in [4.78, 5) is 0. The van der Waals surface area contributed by atoms with Crippen molar-refractivity contribution in [3.05, 3.63) is 0 Å². The molecule has 1 rings (SSSR count). The summed E-state index contributed by atoms with van der Waals surface area (Å²) in [6, 6.07) is 0. The van der Waals surface area contributed by atoms with Gasteiger partial charge in [0.1, 0.15) is 0 Å². The van der Waals surface area contributed by atoms with Crippen molar-refractivity contribution in [3.8, 4) is 0 Å². The quantitative estimate of drug-likeness (QED) is 0.622. The lowest BCUT2D eigenvalue weighted by Crippen LogP contribution is -2.53. The van der Waals surface area contributed by atoms with E-state index in [0.29, 0.717) is 32.3 Å². The molecule has 0 spiro atoms. The van der Waals surface area contributed by atoms with Crippen LogP contribution in [0.25, 0.3) is 0 Å². The molecule has 0 radical (unpaired) electrons. The van der Waals surface area contributed by atoms with Gasteiger partial charge in [-0.3, -0.25) is 0 Å². The Labute approximate surface area is 136 Å². The van der Waals surface area contributed by atoms with E-state index in [2.05, 4.69) is 6.92 Å². The van der Waals surface area contributed by atoms with Crippen LogP contribution in [-0.4, -0.2) is 52.5 Å². The van der Waals surface area contributed by atoms with E-state index in [9.17, 15) is 5.11 Å². The molecule has 5 nitrogen and oxygen atoms in total.